The summed E-state index contributed by atoms with van der Waals surface area (Å²) in [6.45, 7) is 4.51. The van der Waals surface area contributed by atoms with Crippen LogP contribution in [0.15, 0.2) is 0 Å². The topological polar surface area (TPSA) is 60.7 Å². The first kappa shape index (κ1) is 30.3. The van der Waals surface area contributed by atoms with Crippen LogP contribution in [0.5, 0.6) is 0 Å². The van der Waals surface area contributed by atoms with Crippen LogP contribution in [0.4, 0.5) is 0 Å². The van der Waals surface area contributed by atoms with Crippen LogP contribution in [0.25, 0.3) is 0 Å². The minimum atomic E-state index is -4.36. The monoisotopic (exact) mass is 448 g/mol. The van der Waals surface area contributed by atoms with Crippen molar-refractivity contribution in [3.05, 3.63) is 0 Å². The first-order valence-corrected chi connectivity index (χ1v) is 16.1. The number of hydrogen-bond acceptors (Lipinski definition) is 3. The number of rotatable bonds is 24. The summed E-state index contributed by atoms with van der Waals surface area (Å²) in [4.78, 5) is 30.9. The van der Waals surface area contributed by atoms with Gasteiger partial charge in [0.25, 0.3) is 0 Å². The quantitative estimate of drug-likeness (QED) is 0.102. The Morgan fingerprint density at radius 3 is 0.767 bits per heavy atom. The van der Waals surface area contributed by atoms with Crippen LogP contribution in [0.2, 0.25) is 0 Å². The fourth-order valence-corrected chi connectivity index (χ4v) is 6.28. The van der Waals surface area contributed by atoms with Crippen LogP contribution in [0, 0.1) is 0 Å². The molecule has 0 aliphatic carbocycles. The molecule has 0 saturated heterocycles. The second-order valence-electron chi connectivity index (χ2n) is 9.86. The zero-order valence-electron chi connectivity index (χ0n) is 20.8. The van der Waals surface area contributed by atoms with Crippen LogP contribution in [-0.4, -0.2) is 27.0 Å². The van der Waals surface area contributed by atoms with Crippen molar-refractivity contribution in [2.45, 2.75) is 155 Å². The molecule has 0 amide bonds. The molecular formula is C26H57O3P. The van der Waals surface area contributed by atoms with E-state index < -0.39 is 7.28 Å². The van der Waals surface area contributed by atoms with Crippen LogP contribution >= 0.6 is 7.28 Å². The third kappa shape index (κ3) is 23.0. The Morgan fingerprint density at radius 1 is 0.333 bits per heavy atom. The molecule has 0 spiro atoms. The molecule has 0 aromatic rings. The maximum atomic E-state index is 10.3. The molecule has 184 valence electrons. The average molecular weight is 449 g/mol. The molecule has 0 unspecified atom stereocenters. The Morgan fingerprint density at radius 2 is 0.533 bits per heavy atom. The minimum Gasteiger partial charge on any atom is -0.0654 e. The van der Waals surface area contributed by atoms with Crippen molar-refractivity contribution in [2.75, 3.05) is 12.3 Å². The number of hydrogen-bond donors (Lipinski definition) is 3. The van der Waals surface area contributed by atoms with Gasteiger partial charge in [-0.05, 0) is 0 Å². The SMILES string of the molecule is CCCCCCCCCCCCCP(O)(O)(O)CCCCCCCCCCCCC. The molecule has 3 N–H and O–H groups in total. The van der Waals surface area contributed by atoms with Crippen LogP contribution in [0.1, 0.15) is 155 Å². The molecule has 4 heteroatoms. The van der Waals surface area contributed by atoms with Crippen molar-refractivity contribution >= 4 is 7.28 Å². The van der Waals surface area contributed by atoms with E-state index in [9.17, 15) is 14.7 Å². The van der Waals surface area contributed by atoms with Gasteiger partial charge in [0, 0.05) is 0 Å². The standard InChI is InChI=1S/C26H57O3P/c1-3-5-7-9-11-13-15-17-19-21-23-25-30(27,28,29)26-24-22-20-18-16-14-12-10-8-6-4-2/h27-29H,3-26H2,1-2H3. The molecule has 30 heavy (non-hydrogen) atoms. The van der Waals surface area contributed by atoms with Crippen LogP contribution in [-0.2, 0) is 0 Å². The molecule has 0 heterocycles. The van der Waals surface area contributed by atoms with Crippen LogP contribution in [0.3, 0.4) is 0 Å². The molecule has 0 fully saturated rings. The van der Waals surface area contributed by atoms with Crippen molar-refractivity contribution in [1.29, 1.82) is 0 Å². The van der Waals surface area contributed by atoms with E-state index >= 15 is 0 Å². The van der Waals surface area contributed by atoms with Crippen LogP contribution < -0.4 is 0 Å². The summed E-state index contributed by atoms with van der Waals surface area (Å²) in [6.07, 6.45) is 27.6. The van der Waals surface area contributed by atoms with Gasteiger partial charge < -0.3 is 0 Å². The molecule has 0 aliphatic rings. The predicted octanol–water partition coefficient (Wildman–Crippen LogP) is 8.88. The Labute approximate surface area is 189 Å². The average Bonchev–Trinajstić information content (AvgIpc) is 2.70. The van der Waals surface area contributed by atoms with Gasteiger partial charge in [-0.1, -0.05) is 13.8 Å². The third-order valence-corrected chi connectivity index (χ3v) is 8.90. The van der Waals surface area contributed by atoms with Crippen molar-refractivity contribution in [1.82, 2.24) is 0 Å². The Kier molecular flexibility index (Phi) is 20.2. The molecule has 0 aromatic carbocycles. The van der Waals surface area contributed by atoms with E-state index in [1.54, 1.807) is 0 Å². The Balaban J connectivity index is 3.48. The van der Waals surface area contributed by atoms with Crippen molar-refractivity contribution < 1.29 is 14.7 Å². The number of unbranched alkanes of at least 4 members (excludes halogenated alkanes) is 20. The summed E-state index contributed by atoms with van der Waals surface area (Å²) in [5.74, 6) is 0. The van der Waals surface area contributed by atoms with E-state index in [2.05, 4.69) is 13.8 Å². The summed E-state index contributed by atoms with van der Waals surface area (Å²) in [5.41, 5.74) is 0. The van der Waals surface area contributed by atoms with Gasteiger partial charge in [-0.2, -0.15) is 0 Å². The van der Waals surface area contributed by atoms with Gasteiger partial charge in [0.1, 0.15) is 0 Å². The Bertz CT molecular complexity index is 322. The predicted molar refractivity (Wildman–Crippen MR) is 136 cm³/mol. The molecule has 0 atom stereocenters. The molecule has 0 aromatic heterocycles. The zero-order valence-corrected chi connectivity index (χ0v) is 21.7. The van der Waals surface area contributed by atoms with Gasteiger partial charge in [-0.15, -0.1) is 0 Å². The normalized spacial score (nSPS) is 13.4. The third-order valence-electron chi connectivity index (χ3n) is 6.44. The van der Waals surface area contributed by atoms with Gasteiger partial charge in [-0.3, -0.25) is 0 Å². The summed E-state index contributed by atoms with van der Waals surface area (Å²) >= 11 is 0. The second-order valence-corrected chi connectivity index (χ2v) is 13.4. The fraction of sp³-hybridized carbons (Fsp3) is 1.00. The van der Waals surface area contributed by atoms with Crippen molar-refractivity contribution in [3.8, 4) is 0 Å². The summed E-state index contributed by atoms with van der Waals surface area (Å²) in [6, 6.07) is 0. The molecule has 0 rings (SSSR count). The molecule has 0 bridgehead atoms. The summed E-state index contributed by atoms with van der Waals surface area (Å²) in [7, 11) is -4.36. The van der Waals surface area contributed by atoms with Crippen molar-refractivity contribution in [3.63, 3.8) is 0 Å². The molecule has 0 saturated carbocycles. The molecule has 3 nitrogen and oxygen atoms in total. The first-order chi connectivity index (χ1) is 14.4. The zero-order chi connectivity index (χ0) is 22.4. The van der Waals surface area contributed by atoms with Gasteiger partial charge in [0.15, 0.2) is 0 Å². The molecular weight excluding hydrogens is 391 g/mol. The summed E-state index contributed by atoms with van der Waals surface area (Å²) in [5, 5.41) is 0. The van der Waals surface area contributed by atoms with Gasteiger partial charge in [0.05, 0.1) is 0 Å². The summed E-state index contributed by atoms with van der Waals surface area (Å²) < 4.78 is 0. The van der Waals surface area contributed by atoms with E-state index in [0.717, 1.165) is 38.5 Å². The maximum absolute atomic E-state index is 10.3. The van der Waals surface area contributed by atoms with Gasteiger partial charge in [-0.25, -0.2) is 0 Å². The second kappa shape index (κ2) is 20.0. The van der Waals surface area contributed by atoms with E-state index in [0.29, 0.717) is 0 Å². The minimum absolute atomic E-state index is 0.209. The smallest absolute Gasteiger partial charge is 0.0654 e. The fourth-order valence-electron chi connectivity index (χ4n) is 4.31. The van der Waals surface area contributed by atoms with Gasteiger partial charge >= 0.3 is 176 Å². The van der Waals surface area contributed by atoms with Gasteiger partial charge in [0.2, 0.25) is 0 Å². The van der Waals surface area contributed by atoms with E-state index in [1.807, 2.05) is 0 Å². The van der Waals surface area contributed by atoms with E-state index in [4.69, 9.17) is 0 Å². The first-order valence-electron chi connectivity index (χ1n) is 13.6. The molecule has 0 aliphatic heterocycles. The van der Waals surface area contributed by atoms with Crippen molar-refractivity contribution in [2.24, 2.45) is 0 Å². The van der Waals surface area contributed by atoms with E-state index in [-0.39, 0.29) is 12.3 Å². The molecule has 0 radical (unpaired) electrons. The van der Waals surface area contributed by atoms with E-state index in [1.165, 1.54) is 103 Å². The Hall–Kier alpha value is 0.310.